The maximum absolute atomic E-state index is 12.8. The molecule has 3 rings (SSSR count). The molecule has 2 aromatic rings. The Hall–Kier alpha value is -2.31. The van der Waals surface area contributed by atoms with Gasteiger partial charge in [-0.3, -0.25) is 4.68 Å². The first-order valence-electron chi connectivity index (χ1n) is 8.12. The van der Waals surface area contributed by atoms with Crippen LogP contribution in [-0.2, 0) is 13.5 Å². The fourth-order valence-corrected chi connectivity index (χ4v) is 3.19. The van der Waals surface area contributed by atoms with E-state index < -0.39 is 0 Å². The summed E-state index contributed by atoms with van der Waals surface area (Å²) in [6.45, 7) is 4.55. The van der Waals surface area contributed by atoms with Crippen molar-refractivity contribution in [2.45, 2.75) is 45.6 Å². The number of aryl methyl sites for hydroxylation is 3. The highest BCUT2D eigenvalue weighted by atomic mass is 16.5. The van der Waals surface area contributed by atoms with Crippen molar-refractivity contribution in [3.63, 3.8) is 0 Å². The molecule has 1 atom stereocenters. The number of urea groups is 1. The highest BCUT2D eigenvalue weighted by Crippen LogP contribution is 2.31. The smallest absolute Gasteiger partial charge is 0.322 e. The summed E-state index contributed by atoms with van der Waals surface area (Å²) in [5, 5.41) is 11.2. The molecule has 1 aliphatic heterocycles. The van der Waals surface area contributed by atoms with Crippen molar-refractivity contribution < 1.29 is 9.32 Å². The molecule has 23 heavy (non-hydrogen) atoms. The number of piperidine rings is 1. The van der Waals surface area contributed by atoms with E-state index in [9.17, 15) is 4.79 Å². The number of hydrogen-bond acceptors (Lipinski definition) is 4. The molecule has 1 saturated heterocycles. The SMILES string of the molecule is CCc1noc(C)c1NC(=O)N1CCCCC1c1ccnn1C. The first-order chi connectivity index (χ1) is 11.1. The molecule has 0 bridgehead atoms. The lowest BCUT2D eigenvalue weighted by Gasteiger charge is -2.35. The lowest BCUT2D eigenvalue weighted by atomic mass is 9.99. The molecule has 7 heteroatoms. The van der Waals surface area contributed by atoms with Crippen LogP contribution in [0, 0.1) is 6.92 Å². The number of aromatic nitrogens is 3. The third-order valence-corrected chi connectivity index (χ3v) is 4.46. The molecular formula is C16H23N5O2. The summed E-state index contributed by atoms with van der Waals surface area (Å²) in [6.07, 6.45) is 5.59. The molecule has 1 unspecified atom stereocenters. The van der Waals surface area contributed by atoms with E-state index >= 15 is 0 Å². The molecule has 0 radical (unpaired) electrons. The maximum atomic E-state index is 12.8. The quantitative estimate of drug-likeness (QED) is 0.944. The van der Waals surface area contributed by atoms with Crippen molar-refractivity contribution in [1.82, 2.24) is 19.8 Å². The highest BCUT2D eigenvalue weighted by Gasteiger charge is 2.30. The fourth-order valence-electron chi connectivity index (χ4n) is 3.19. The first kappa shape index (κ1) is 15.6. The van der Waals surface area contributed by atoms with Gasteiger partial charge in [0.1, 0.15) is 11.4 Å². The van der Waals surface area contributed by atoms with Crippen LogP contribution in [0.5, 0.6) is 0 Å². The Bertz CT molecular complexity index is 690. The van der Waals surface area contributed by atoms with E-state index in [1.54, 1.807) is 6.20 Å². The first-order valence-corrected chi connectivity index (χ1v) is 8.12. The van der Waals surface area contributed by atoms with Gasteiger partial charge in [0.2, 0.25) is 0 Å². The normalized spacial score (nSPS) is 18.2. The largest absolute Gasteiger partial charge is 0.359 e. The van der Waals surface area contributed by atoms with Gasteiger partial charge in [-0.1, -0.05) is 12.1 Å². The minimum Gasteiger partial charge on any atom is -0.359 e. The second-order valence-electron chi connectivity index (χ2n) is 5.93. The van der Waals surface area contributed by atoms with Gasteiger partial charge in [-0.15, -0.1) is 0 Å². The van der Waals surface area contributed by atoms with Gasteiger partial charge >= 0.3 is 6.03 Å². The van der Waals surface area contributed by atoms with Gasteiger partial charge in [-0.25, -0.2) is 4.79 Å². The summed E-state index contributed by atoms with van der Waals surface area (Å²) >= 11 is 0. The molecule has 1 N–H and O–H groups in total. The topological polar surface area (TPSA) is 76.2 Å². The minimum atomic E-state index is -0.100. The minimum absolute atomic E-state index is 0.0569. The van der Waals surface area contributed by atoms with E-state index in [2.05, 4.69) is 15.6 Å². The van der Waals surface area contributed by atoms with Crippen LogP contribution in [0.3, 0.4) is 0 Å². The van der Waals surface area contributed by atoms with Crippen LogP contribution in [-0.4, -0.2) is 32.4 Å². The van der Waals surface area contributed by atoms with Crippen molar-refractivity contribution in [3.8, 4) is 0 Å². The molecule has 2 aromatic heterocycles. The Balaban J connectivity index is 1.82. The molecule has 2 amide bonds. The zero-order valence-corrected chi connectivity index (χ0v) is 13.9. The number of nitrogens with zero attached hydrogens (tertiary/aromatic N) is 4. The maximum Gasteiger partial charge on any atom is 0.322 e. The molecule has 3 heterocycles. The zero-order chi connectivity index (χ0) is 16.4. The number of carbonyl (C=O) groups is 1. The molecule has 124 valence electrons. The van der Waals surface area contributed by atoms with Crippen LogP contribution in [0.1, 0.15) is 49.4 Å². The number of carbonyl (C=O) groups excluding carboxylic acids is 1. The lowest BCUT2D eigenvalue weighted by Crippen LogP contribution is -2.42. The highest BCUT2D eigenvalue weighted by molar-refractivity contribution is 5.90. The fraction of sp³-hybridized carbons (Fsp3) is 0.562. The van der Waals surface area contributed by atoms with Gasteiger partial charge in [0.25, 0.3) is 0 Å². The predicted octanol–water partition coefficient (Wildman–Crippen LogP) is 3.04. The van der Waals surface area contributed by atoms with Crippen molar-refractivity contribution in [2.75, 3.05) is 11.9 Å². The lowest BCUT2D eigenvalue weighted by molar-refractivity contribution is 0.159. The van der Waals surface area contributed by atoms with E-state index in [1.165, 1.54) is 0 Å². The Morgan fingerprint density at radius 1 is 1.48 bits per heavy atom. The Morgan fingerprint density at radius 2 is 2.30 bits per heavy atom. The summed E-state index contributed by atoms with van der Waals surface area (Å²) in [5.74, 6) is 0.643. The summed E-state index contributed by atoms with van der Waals surface area (Å²) in [7, 11) is 1.92. The molecule has 7 nitrogen and oxygen atoms in total. The van der Waals surface area contributed by atoms with E-state index in [1.807, 2.05) is 36.5 Å². The van der Waals surface area contributed by atoms with E-state index in [-0.39, 0.29) is 12.1 Å². The summed E-state index contributed by atoms with van der Waals surface area (Å²) in [4.78, 5) is 14.7. The zero-order valence-electron chi connectivity index (χ0n) is 13.9. The average molecular weight is 317 g/mol. The molecule has 0 saturated carbocycles. The molecule has 1 aliphatic rings. The Morgan fingerprint density at radius 3 is 3.00 bits per heavy atom. The monoisotopic (exact) mass is 317 g/mol. The van der Waals surface area contributed by atoms with Crippen LogP contribution >= 0.6 is 0 Å². The van der Waals surface area contributed by atoms with Gasteiger partial charge in [-0.2, -0.15) is 5.10 Å². The van der Waals surface area contributed by atoms with Gasteiger partial charge in [-0.05, 0) is 38.7 Å². The second-order valence-corrected chi connectivity index (χ2v) is 5.93. The van der Waals surface area contributed by atoms with Crippen molar-refractivity contribution in [3.05, 3.63) is 29.4 Å². The van der Waals surface area contributed by atoms with Gasteiger partial charge in [0.15, 0.2) is 5.76 Å². The summed E-state index contributed by atoms with van der Waals surface area (Å²) < 4.78 is 7.04. The van der Waals surface area contributed by atoms with Gasteiger partial charge in [0.05, 0.1) is 11.7 Å². The molecular weight excluding hydrogens is 294 g/mol. The summed E-state index contributed by atoms with van der Waals surface area (Å²) in [5.41, 5.74) is 2.55. The van der Waals surface area contributed by atoms with Gasteiger partial charge < -0.3 is 14.7 Å². The average Bonchev–Trinajstić information content (AvgIpc) is 3.14. The molecule has 1 fully saturated rings. The molecule has 0 aromatic carbocycles. The van der Waals surface area contributed by atoms with Gasteiger partial charge in [0, 0.05) is 19.8 Å². The second kappa shape index (κ2) is 6.44. The Kier molecular flexibility index (Phi) is 4.36. The van der Waals surface area contributed by atoms with Crippen LogP contribution in [0.4, 0.5) is 10.5 Å². The number of amides is 2. The Labute approximate surface area is 135 Å². The standard InChI is InChI=1S/C16H23N5O2/c1-4-12-15(11(2)23-19-12)18-16(22)21-10-6-5-7-14(21)13-8-9-17-20(13)3/h8-9,14H,4-7,10H2,1-3H3,(H,18,22). The predicted molar refractivity (Wildman–Crippen MR) is 86.1 cm³/mol. The van der Waals surface area contributed by atoms with Crippen LogP contribution in [0.25, 0.3) is 0 Å². The summed E-state index contributed by atoms with van der Waals surface area (Å²) in [6, 6.07) is 1.94. The third-order valence-electron chi connectivity index (χ3n) is 4.46. The van der Waals surface area contributed by atoms with Crippen molar-refractivity contribution >= 4 is 11.7 Å². The van der Waals surface area contributed by atoms with Crippen molar-refractivity contribution in [2.24, 2.45) is 7.05 Å². The van der Waals surface area contributed by atoms with E-state index in [4.69, 9.17) is 4.52 Å². The van der Waals surface area contributed by atoms with Crippen molar-refractivity contribution in [1.29, 1.82) is 0 Å². The van der Waals surface area contributed by atoms with Crippen LogP contribution in [0.2, 0.25) is 0 Å². The molecule has 0 aliphatic carbocycles. The van der Waals surface area contributed by atoms with E-state index in [0.717, 1.165) is 43.6 Å². The number of anilines is 1. The van der Waals surface area contributed by atoms with E-state index in [0.29, 0.717) is 11.4 Å². The molecule has 0 spiro atoms. The number of rotatable bonds is 3. The van der Waals surface area contributed by atoms with Crippen LogP contribution < -0.4 is 5.32 Å². The third kappa shape index (κ3) is 2.95. The number of nitrogens with one attached hydrogen (secondary N) is 1. The number of hydrogen-bond donors (Lipinski definition) is 1. The number of likely N-dealkylation sites (tertiary alicyclic amines) is 1. The van der Waals surface area contributed by atoms with Crippen LogP contribution in [0.15, 0.2) is 16.8 Å².